The molecule has 0 spiro atoms. The van der Waals surface area contributed by atoms with Crippen molar-refractivity contribution in [1.82, 2.24) is 0 Å². The zero-order valence-electron chi connectivity index (χ0n) is 13.4. The van der Waals surface area contributed by atoms with Crippen molar-refractivity contribution in [3.05, 3.63) is 59.1 Å². The van der Waals surface area contributed by atoms with Gasteiger partial charge < -0.3 is 19.9 Å². The van der Waals surface area contributed by atoms with Crippen molar-refractivity contribution < 1.29 is 19.4 Å². The van der Waals surface area contributed by atoms with Crippen LogP contribution in [0.5, 0.6) is 5.75 Å². The average Bonchev–Trinajstić information content (AvgIpc) is 2.55. The zero-order valence-corrected chi connectivity index (χ0v) is 14.1. The van der Waals surface area contributed by atoms with E-state index in [4.69, 9.17) is 21.1 Å². The number of aliphatic hydroxyl groups excluding tert-OH is 1. The molecule has 0 saturated carbocycles. The second-order valence-electron chi connectivity index (χ2n) is 5.28. The van der Waals surface area contributed by atoms with Crippen LogP contribution in [-0.2, 0) is 16.1 Å². The van der Waals surface area contributed by atoms with Gasteiger partial charge in [-0.3, -0.25) is 4.79 Å². The van der Waals surface area contributed by atoms with Gasteiger partial charge in [0.1, 0.15) is 18.5 Å². The van der Waals surface area contributed by atoms with Crippen molar-refractivity contribution in [1.29, 1.82) is 0 Å². The lowest BCUT2D eigenvalue weighted by molar-refractivity contribution is -0.114. The third-order valence-corrected chi connectivity index (χ3v) is 3.51. The molecule has 2 aromatic rings. The van der Waals surface area contributed by atoms with Crippen molar-refractivity contribution in [3.8, 4) is 5.75 Å². The van der Waals surface area contributed by atoms with E-state index in [2.05, 4.69) is 5.32 Å². The Morgan fingerprint density at radius 3 is 2.54 bits per heavy atom. The maximum Gasteiger partial charge on any atom is 0.221 e. The topological polar surface area (TPSA) is 67.8 Å². The Kier molecular flexibility index (Phi) is 7.06. The Hall–Kier alpha value is -2.08. The molecule has 0 aliphatic heterocycles. The molecule has 128 valence electrons. The van der Waals surface area contributed by atoms with Gasteiger partial charge in [-0.05, 0) is 35.9 Å². The summed E-state index contributed by atoms with van der Waals surface area (Å²) in [4.78, 5) is 10.9. The van der Waals surface area contributed by atoms with E-state index >= 15 is 0 Å². The summed E-state index contributed by atoms with van der Waals surface area (Å²) < 4.78 is 10.9. The third-order valence-electron chi connectivity index (χ3n) is 3.14. The van der Waals surface area contributed by atoms with Gasteiger partial charge in [-0.1, -0.05) is 29.8 Å². The fourth-order valence-electron chi connectivity index (χ4n) is 2.00. The maximum absolute atomic E-state index is 10.9. The van der Waals surface area contributed by atoms with Gasteiger partial charge in [0.05, 0.1) is 13.2 Å². The number of carbonyl (C=O) groups is 1. The first kappa shape index (κ1) is 18.3. The van der Waals surface area contributed by atoms with E-state index in [0.717, 1.165) is 5.56 Å². The van der Waals surface area contributed by atoms with Gasteiger partial charge in [0, 0.05) is 17.6 Å². The second kappa shape index (κ2) is 9.27. The summed E-state index contributed by atoms with van der Waals surface area (Å²) >= 11 is 6.03. The van der Waals surface area contributed by atoms with E-state index in [1.54, 1.807) is 30.3 Å². The molecule has 0 saturated heterocycles. The third kappa shape index (κ3) is 6.20. The summed E-state index contributed by atoms with van der Waals surface area (Å²) in [7, 11) is 0. The summed E-state index contributed by atoms with van der Waals surface area (Å²) in [5.74, 6) is 0.476. The number of amides is 1. The summed E-state index contributed by atoms with van der Waals surface area (Å²) in [6.07, 6.45) is -0.748. The highest BCUT2D eigenvalue weighted by atomic mass is 35.5. The number of hydrogen-bond acceptors (Lipinski definition) is 4. The number of hydrogen-bond donors (Lipinski definition) is 2. The fourth-order valence-corrected chi connectivity index (χ4v) is 2.19. The molecule has 2 N–H and O–H groups in total. The fraction of sp³-hybridized carbons (Fsp3) is 0.278. The van der Waals surface area contributed by atoms with Crippen LogP contribution in [0.1, 0.15) is 12.5 Å². The van der Waals surface area contributed by atoms with Crippen LogP contribution in [0.15, 0.2) is 48.5 Å². The Morgan fingerprint density at radius 2 is 1.88 bits per heavy atom. The number of nitrogens with one attached hydrogen (secondary N) is 1. The number of ether oxygens (including phenoxy) is 2. The number of anilines is 1. The first-order valence-corrected chi connectivity index (χ1v) is 7.92. The highest BCUT2D eigenvalue weighted by Gasteiger charge is 2.07. The molecule has 1 amide bonds. The molecular formula is C18H20ClNO4. The molecule has 6 heteroatoms. The van der Waals surface area contributed by atoms with Gasteiger partial charge >= 0.3 is 0 Å². The van der Waals surface area contributed by atoms with E-state index in [1.807, 2.05) is 18.2 Å². The van der Waals surface area contributed by atoms with E-state index in [1.165, 1.54) is 6.92 Å². The summed E-state index contributed by atoms with van der Waals surface area (Å²) in [5, 5.41) is 13.2. The summed E-state index contributed by atoms with van der Waals surface area (Å²) in [6.45, 7) is 2.04. The van der Waals surface area contributed by atoms with Crippen LogP contribution in [0.4, 0.5) is 5.69 Å². The number of aliphatic hydroxyl groups is 1. The van der Waals surface area contributed by atoms with Gasteiger partial charge in [0.2, 0.25) is 5.91 Å². The lowest BCUT2D eigenvalue weighted by Gasteiger charge is -2.13. The first-order chi connectivity index (χ1) is 11.5. The number of halogens is 1. The van der Waals surface area contributed by atoms with Crippen LogP contribution in [-0.4, -0.2) is 30.3 Å². The lowest BCUT2D eigenvalue weighted by Crippen LogP contribution is -2.23. The van der Waals surface area contributed by atoms with Crippen molar-refractivity contribution in [2.45, 2.75) is 19.6 Å². The number of rotatable bonds is 8. The minimum atomic E-state index is -0.748. The Labute approximate surface area is 146 Å². The minimum absolute atomic E-state index is 0.113. The first-order valence-electron chi connectivity index (χ1n) is 7.54. The van der Waals surface area contributed by atoms with Crippen LogP contribution < -0.4 is 10.1 Å². The molecule has 0 bridgehead atoms. The molecule has 0 radical (unpaired) electrons. The second-order valence-corrected chi connectivity index (χ2v) is 5.68. The molecule has 2 rings (SSSR count). The van der Waals surface area contributed by atoms with Crippen LogP contribution in [0.25, 0.3) is 0 Å². The largest absolute Gasteiger partial charge is 0.491 e. The Bertz CT molecular complexity index is 660. The molecule has 5 nitrogen and oxygen atoms in total. The van der Waals surface area contributed by atoms with Crippen LogP contribution >= 0.6 is 11.6 Å². The van der Waals surface area contributed by atoms with Crippen LogP contribution in [0.3, 0.4) is 0 Å². The number of carbonyl (C=O) groups excluding carboxylic acids is 1. The van der Waals surface area contributed by atoms with Crippen LogP contribution in [0, 0.1) is 0 Å². The molecule has 0 fully saturated rings. The van der Waals surface area contributed by atoms with E-state index < -0.39 is 6.10 Å². The quantitative estimate of drug-likeness (QED) is 0.767. The maximum atomic E-state index is 10.9. The Balaban J connectivity index is 1.70. The van der Waals surface area contributed by atoms with E-state index in [9.17, 15) is 9.90 Å². The smallest absolute Gasteiger partial charge is 0.221 e. The molecule has 0 aliphatic carbocycles. The SMILES string of the molecule is CC(=O)Nc1ccc(OCC(O)COCc2ccccc2Cl)cc1. The van der Waals surface area contributed by atoms with E-state index in [-0.39, 0.29) is 19.1 Å². The molecular weight excluding hydrogens is 330 g/mol. The van der Waals surface area contributed by atoms with Gasteiger partial charge in [0.15, 0.2) is 0 Å². The average molecular weight is 350 g/mol. The lowest BCUT2D eigenvalue weighted by atomic mass is 10.2. The van der Waals surface area contributed by atoms with Crippen molar-refractivity contribution in [2.24, 2.45) is 0 Å². The zero-order chi connectivity index (χ0) is 17.4. The van der Waals surface area contributed by atoms with Crippen molar-refractivity contribution in [3.63, 3.8) is 0 Å². The normalized spacial score (nSPS) is 11.8. The van der Waals surface area contributed by atoms with Crippen molar-refractivity contribution in [2.75, 3.05) is 18.5 Å². The molecule has 0 heterocycles. The van der Waals surface area contributed by atoms with Crippen molar-refractivity contribution >= 4 is 23.2 Å². The highest BCUT2D eigenvalue weighted by molar-refractivity contribution is 6.31. The minimum Gasteiger partial charge on any atom is -0.491 e. The number of benzene rings is 2. The molecule has 2 aromatic carbocycles. The summed E-state index contributed by atoms with van der Waals surface area (Å²) in [6, 6.07) is 14.3. The van der Waals surface area contributed by atoms with E-state index in [0.29, 0.717) is 23.1 Å². The van der Waals surface area contributed by atoms with Gasteiger partial charge in [-0.2, -0.15) is 0 Å². The van der Waals surface area contributed by atoms with Gasteiger partial charge in [0.25, 0.3) is 0 Å². The predicted octanol–water partition coefficient (Wildman–Crippen LogP) is 3.25. The standard InChI is InChI=1S/C18H20ClNO4/c1-13(21)20-15-6-8-17(9-7-15)24-12-16(22)11-23-10-14-4-2-3-5-18(14)19/h2-9,16,22H,10-12H2,1H3,(H,20,21). The van der Waals surface area contributed by atoms with Gasteiger partial charge in [-0.25, -0.2) is 0 Å². The predicted molar refractivity (Wildman–Crippen MR) is 93.4 cm³/mol. The van der Waals surface area contributed by atoms with Crippen LogP contribution in [0.2, 0.25) is 5.02 Å². The molecule has 0 aromatic heterocycles. The molecule has 1 unspecified atom stereocenters. The Morgan fingerprint density at radius 1 is 1.17 bits per heavy atom. The molecule has 24 heavy (non-hydrogen) atoms. The summed E-state index contributed by atoms with van der Waals surface area (Å²) in [5.41, 5.74) is 1.57. The van der Waals surface area contributed by atoms with Gasteiger partial charge in [-0.15, -0.1) is 0 Å². The highest BCUT2D eigenvalue weighted by Crippen LogP contribution is 2.17. The monoisotopic (exact) mass is 349 g/mol. The molecule has 1 atom stereocenters. The molecule has 0 aliphatic rings.